The fourth-order valence-electron chi connectivity index (χ4n) is 3.67. The smallest absolute Gasteiger partial charge is 0.191 e. The standard InChI is InChI=1S/C22H39N5O.HI/c1-6-23-21(25-18-22(26(4)5)11-15-28-16-12-22)24-13-14-27(7-2)20-10-8-9-19(3)17-20;/h8-10,17H,6-7,11-16,18H2,1-5H3,(H2,23,24,25);1H. The van der Waals surface area contributed by atoms with Gasteiger partial charge in [-0.1, -0.05) is 12.1 Å². The van der Waals surface area contributed by atoms with Gasteiger partial charge < -0.3 is 25.2 Å². The van der Waals surface area contributed by atoms with E-state index < -0.39 is 0 Å². The normalized spacial score (nSPS) is 16.3. The molecule has 0 unspecified atom stereocenters. The monoisotopic (exact) mass is 517 g/mol. The molecule has 1 aromatic rings. The zero-order valence-corrected chi connectivity index (χ0v) is 21.2. The van der Waals surface area contributed by atoms with Gasteiger partial charge in [-0.25, -0.2) is 0 Å². The van der Waals surface area contributed by atoms with Crippen molar-refractivity contribution in [2.45, 2.75) is 39.2 Å². The number of anilines is 1. The quantitative estimate of drug-likeness (QED) is 0.300. The number of nitrogens with zero attached hydrogens (tertiary/aromatic N) is 3. The second kappa shape index (κ2) is 13.3. The van der Waals surface area contributed by atoms with Gasteiger partial charge in [0.1, 0.15) is 0 Å². The Hall–Kier alpha value is -1.06. The average molecular weight is 518 g/mol. The van der Waals surface area contributed by atoms with Crippen LogP contribution >= 0.6 is 24.0 Å². The Morgan fingerprint density at radius 1 is 1.17 bits per heavy atom. The molecule has 1 fully saturated rings. The summed E-state index contributed by atoms with van der Waals surface area (Å²) < 4.78 is 5.57. The van der Waals surface area contributed by atoms with E-state index in [1.807, 2.05) is 0 Å². The third-order valence-electron chi connectivity index (χ3n) is 5.67. The Bertz CT molecular complexity index is 617. The molecule has 1 aliphatic heterocycles. The number of rotatable bonds is 9. The first kappa shape index (κ1) is 26.0. The summed E-state index contributed by atoms with van der Waals surface area (Å²) in [6, 6.07) is 8.69. The van der Waals surface area contributed by atoms with Crippen LogP contribution in [-0.2, 0) is 4.74 Å². The van der Waals surface area contributed by atoms with E-state index in [4.69, 9.17) is 9.73 Å². The number of likely N-dealkylation sites (N-methyl/N-ethyl adjacent to an activating group) is 2. The Balaban J connectivity index is 0.00000420. The minimum absolute atomic E-state index is 0. The molecule has 1 saturated heterocycles. The van der Waals surface area contributed by atoms with Gasteiger partial charge in [0, 0.05) is 50.6 Å². The summed E-state index contributed by atoms with van der Waals surface area (Å²) in [6.45, 7) is 12.5. The maximum Gasteiger partial charge on any atom is 0.191 e. The lowest BCUT2D eigenvalue weighted by atomic mass is 9.89. The molecule has 166 valence electrons. The molecule has 0 aliphatic carbocycles. The van der Waals surface area contributed by atoms with Gasteiger partial charge >= 0.3 is 0 Å². The van der Waals surface area contributed by atoms with Gasteiger partial charge in [-0.05, 0) is 65.4 Å². The highest BCUT2D eigenvalue weighted by atomic mass is 127. The van der Waals surface area contributed by atoms with Crippen LogP contribution in [0.25, 0.3) is 0 Å². The fraction of sp³-hybridized carbons (Fsp3) is 0.682. The summed E-state index contributed by atoms with van der Waals surface area (Å²) in [6.07, 6.45) is 2.06. The predicted octanol–water partition coefficient (Wildman–Crippen LogP) is 3.11. The van der Waals surface area contributed by atoms with Gasteiger partial charge in [0.25, 0.3) is 0 Å². The second-order valence-corrected chi connectivity index (χ2v) is 7.77. The van der Waals surface area contributed by atoms with Crippen LogP contribution in [0.5, 0.6) is 0 Å². The molecular formula is C22H40IN5O. The van der Waals surface area contributed by atoms with Crippen LogP contribution in [0.3, 0.4) is 0 Å². The lowest BCUT2D eigenvalue weighted by Crippen LogP contribution is -2.52. The van der Waals surface area contributed by atoms with Crippen LogP contribution in [0.15, 0.2) is 29.3 Å². The average Bonchev–Trinajstić information content (AvgIpc) is 2.70. The Morgan fingerprint density at radius 2 is 1.90 bits per heavy atom. The highest BCUT2D eigenvalue weighted by Gasteiger charge is 2.34. The zero-order chi connectivity index (χ0) is 20.4. The predicted molar refractivity (Wildman–Crippen MR) is 135 cm³/mol. The molecule has 0 atom stereocenters. The number of ether oxygens (including phenoxy) is 1. The van der Waals surface area contributed by atoms with Gasteiger partial charge in [-0.15, -0.1) is 24.0 Å². The van der Waals surface area contributed by atoms with Crippen molar-refractivity contribution >= 4 is 35.6 Å². The number of benzene rings is 1. The minimum Gasteiger partial charge on any atom is -0.381 e. The lowest BCUT2D eigenvalue weighted by molar-refractivity contribution is -0.00254. The Morgan fingerprint density at radius 3 is 2.48 bits per heavy atom. The summed E-state index contributed by atoms with van der Waals surface area (Å²) in [7, 11) is 4.31. The van der Waals surface area contributed by atoms with Crippen molar-refractivity contribution in [2.75, 3.05) is 64.9 Å². The van der Waals surface area contributed by atoms with E-state index in [1.54, 1.807) is 0 Å². The number of hydrogen-bond acceptors (Lipinski definition) is 4. The van der Waals surface area contributed by atoms with E-state index in [-0.39, 0.29) is 29.5 Å². The summed E-state index contributed by atoms with van der Waals surface area (Å²) in [5, 5.41) is 6.90. The van der Waals surface area contributed by atoms with E-state index in [0.29, 0.717) is 0 Å². The summed E-state index contributed by atoms with van der Waals surface area (Å²) in [4.78, 5) is 9.63. The second-order valence-electron chi connectivity index (χ2n) is 7.77. The molecule has 0 amide bonds. The van der Waals surface area contributed by atoms with Crippen molar-refractivity contribution in [3.63, 3.8) is 0 Å². The number of aryl methyl sites for hydroxylation is 1. The minimum atomic E-state index is 0. The molecule has 1 aliphatic rings. The third-order valence-corrected chi connectivity index (χ3v) is 5.67. The number of aliphatic imine (C=N–C) groups is 1. The first-order valence-corrected chi connectivity index (χ1v) is 10.6. The molecule has 0 bridgehead atoms. The fourth-order valence-corrected chi connectivity index (χ4v) is 3.67. The van der Waals surface area contributed by atoms with Crippen LogP contribution < -0.4 is 15.5 Å². The third kappa shape index (κ3) is 7.94. The van der Waals surface area contributed by atoms with Crippen LogP contribution in [-0.4, -0.2) is 76.4 Å². The molecule has 7 heteroatoms. The van der Waals surface area contributed by atoms with Gasteiger partial charge in [0.15, 0.2) is 5.96 Å². The SMILES string of the molecule is CCNC(=NCC1(N(C)C)CCOCC1)NCCN(CC)c1cccc(C)c1.I. The van der Waals surface area contributed by atoms with Crippen molar-refractivity contribution < 1.29 is 4.74 Å². The van der Waals surface area contributed by atoms with E-state index in [0.717, 1.165) is 64.7 Å². The van der Waals surface area contributed by atoms with Crippen molar-refractivity contribution in [1.82, 2.24) is 15.5 Å². The van der Waals surface area contributed by atoms with Crippen molar-refractivity contribution in [1.29, 1.82) is 0 Å². The Kier molecular flexibility index (Phi) is 11.9. The molecule has 0 spiro atoms. The molecule has 0 aromatic heterocycles. The van der Waals surface area contributed by atoms with Crippen LogP contribution in [0, 0.1) is 6.92 Å². The largest absolute Gasteiger partial charge is 0.381 e. The number of guanidine groups is 1. The molecular weight excluding hydrogens is 477 g/mol. The van der Waals surface area contributed by atoms with Crippen LogP contribution in [0.4, 0.5) is 5.69 Å². The molecule has 0 radical (unpaired) electrons. The first-order valence-electron chi connectivity index (χ1n) is 10.6. The maximum absolute atomic E-state index is 5.57. The van der Waals surface area contributed by atoms with E-state index >= 15 is 0 Å². The molecule has 6 nitrogen and oxygen atoms in total. The van der Waals surface area contributed by atoms with Crippen molar-refractivity contribution in [2.24, 2.45) is 4.99 Å². The van der Waals surface area contributed by atoms with E-state index in [1.165, 1.54) is 11.3 Å². The zero-order valence-electron chi connectivity index (χ0n) is 18.8. The molecule has 1 heterocycles. The topological polar surface area (TPSA) is 52.1 Å². The van der Waals surface area contributed by atoms with E-state index in [9.17, 15) is 0 Å². The van der Waals surface area contributed by atoms with Crippen molar-refractivity contribution in [3.8, 4) is 0 Å². The van der Waals surface area contributed by atoms with Crippen molar-refractivity contribution in [3.05, 3.63) is 29.8 Å². The Labute approximate surface area is 194 Å². The summed E-state index contributed by atoms with van der Waals surface area (Å²) in [5.74, 6) is 0.899. The van der Waals surface area contributed by atoms with Gasteiger partial charge in [0.05, 0.1) is 6.54 Å². The van der Waals surface area contributed by atoms with E-state index in [2.05, 4.69) is 79.6 Å². The molecule has 2 rings (SSSR count). The summed E-state index contributed by atoms with van der Waals surface area (Å²) in [5.41, 5.74) is 2.67. The van der Waals surface area contributed by atoms with Crippen LogP contribution in [0.1, 0.15) is 32.3 Å². The molecule has 1 aromatic carbocycles. The molecule has 2 N–H and O–H groups in total. The highest BCUT2D eigenvalue weighted by molar-refractivity contribution is 14.0. The van der Waals surface area contributed by atoms with Gasteiger partial charge in [-0.3, -0.25) is 4.99 Å². The molecule has 29 heavy (non-hydrogen) atoms. The summed E-state index contributed by atoms with van der Waals surface area (Å²) >= 11 is 0. The van der Waals surface area contributed by atoms with Gasteiger partial charge in [-0.2, -0.15) is 0 Å². The number of nitrogens with one attached hydrogen (secondary N) is 2. The first-order chi connectivity index (χ1) is 13.5. The number of hydrogen-bond donors (Lipinski definition) is 2. The molecule has 0 saturated carbocycles. The number of halogens is 1. The van der Waals surface area contributed by atoms with Gasteiger partial charge in [0.2, 0.25) is 0 Å². The highest BCUT2D eigenvalue weighted by Crippen LogP contribution is 2.26. The van der Waals surface area contributed by atoms with Crippen LogP contribution in [0.2, 0.25) is 0 Å². The lowest BCUT2D eigenvalue weighted by Gasteiger charge is -2.41. The maximum atomic E-state index is 5.57.